The van der Waals surface area contributed by atoms with E-state index >= 15 is 0 Å². The molecule has 1 fully saturated rings. The molecule has 1 heterocycles. The average Bonchev–Trinajstić information content (AvgIpc) is 3.18. The van der Waals surface area contributed by atoms with E-state index < -0.39 is 59.5 Å². The van der Waals surface area contributed by atoms with Gasteiger partial charge in [0.1, 0.15) is 11.6 Å². The van der Waals surface area contributed by atoms with E-state index in [9.17, 15) is 28.8 Å². The summed E-state index contributed by atoms with van der Waals surface area (Å²) >= 11 is 0. The lowest BCUT2D eigenvalue weighted by molar-refractivity contribution is -0.161. The quantitative estimate of drug-likeness (QED) is 0.184. The van der Waals surface area contributed by atoms with Gasteiger partial charge in [0.15, 0.2) is 6.04 Å². The second kappa shape index (κ2) is 14.4. The van der Waals surface area contributed by atoms with Gasteiger partial charge in [-0.1, -0.05) is 30.3 Å². The molecular weight excluding hydrogens is 522 g/mol. The average molecular weight is 560 g/mol. The highest BCUT2D eigenvalue weighted by Gasteiger charge is 2.46. The standard InChI is InChI=1S/C28H37N3O9/c1-7-38-25(35)20(14-13-19-11-9-8-10-12-19)29-18(2)24(34)31-21(17-30(6)27(31)37)26(36)39-22(32)15-16-23(33)40-28(3,4)5/h8-12,15-16,18,20-21,29H,7,13-14,17H2,1-6H3/b16-15-/t18-,20-,21-/m0/s1. The van der Waals surface area contributed by atoms with Gasteiger partial charge < -0.3 is 19.1 Å². The summed E-state index contributed by atoms with van der Waals surface area (Å²) in [5, 5.41) is 2.92. The molecule has 1 aliphatic heterocycles. The summed E-state index contributed by atoms with van der Waals surface area (Å²) in [5.41, 5.74) is 0.206. The van der Waals surface area contributed by atoms with E-state index in [1.807, 2.05) is 30.3 Å². The molecule has 0 aromatic heterocycles. The van der Waals surface area contributed by atoms with E-state index in [1.54, 1.807) is 27.7 Å². The smallest absolute Gasteiger partial charge is 0.339 e. The Labute approximate surface area is 233 Å². The van der Waals surface area contributed by atoms with Crippen LogP contribution in [0.5, 0.6) is 0 Å². The molecule has 3 amide bonds. The van der Waals surface area contributed by atoms with Crippen molar-refractivity contribution >= 4 is 35.8 Å². The van der Waals surface area contributed by atoms with Crippen LogP contribution in [0.2, 0.25) is 0 Å². The molecule has 1 aliphatic rings. The lowest BCUT2D eigenvalue weighted by Gasteiger charge is -2.26. The van der Waals surface area contributed by atoms with Crippen molar-refractivity contribution in [1.82, 2.24) is 15.1 Å². The Morgan fingerprint density at radius 1 is 1.07 bits per heavy atom. The first-order valence-electron chi connectivity index (χ1n) is 12.9. The Hall–Kier alpha value is -4.06. The minimum Gasteiger partial charge on any atom is -0.465 e. The Bertz CT molecular complexity index is 1130. The minimum absolute atomic E-state index is 0.143. The van der Waals surface area contributed by atoms with Gasteiger partial charge in [0.2, 0.25) is 5.91 Å². The third-order valence-corrected chi connectivity index (χ3v) is 5.72. The number of likely N-dealkylation sites (N-methyl/N-ethyl adjacent to an activating group) is 1. The number of amides is 3. The van der Waals surface area contributed by atoms with E-state index in [4.69, 9.17) is 14.2 Å². The number of urea groups is 1. The fourth-order valence-corrected chi connectivity index (χ4v) is 3.89. The molecule has 2 rings (SSSR count). The molecular formula is C28H37N3O9. The van der Waals surface area contributed by atoms with Crippen LogP contribution in [0, 0.1) is 0 Å². The molecule has 12 heteroatoms. The van der Waals surface area contributed by atoms with Crippen LogP contribution in [-0.2, 0) is 44.6 Å². The lowest BCUT2D eigenvalue weighted by Crippen LogP contribution is -2.55. The lowest BCUT2D eigenvalue weighted by atomic mass is 10.0. The predicted molar refractivity (Wildman–Crippen MR) is 143 cm³/mol. The van der Waals surface area contributed by atoms with Gasteiger partial charge in [-0.15, -0.1) is 0 Å². The second-order valence-corrected chi connectivity index (χ2v) is 10.2. The molecule has 1 N–H and O–H groups in total. The number of hydrogen-bond acceptors (Lipinski definition) is 10. The summed E-state index contributed by atoms with van der Waals surface area (Å²) in [6.45, 7) is 7.99. The van der Waals surface area contributed by atoms with E-state index in [0.717, 1.165) is 22.6 Å². The maximum absolute atomic E-state index is 13.3. The highest BCUT2D eigenvalue weighted by molar-refractivity contribution is 6.05. The largest absolute Gasteiger partial charge is 0.465 e. The summed E-state index contributed by atoms with van der Waals surface area (Å²) in [6, 6.07) is 5.33. The first-order chi connectivity index (χ1) is 18.7. The number of carbonyl (C=O) groups excluding carboxylic acids is 6. The molecule has 12 nitrogen and oxygen atoms in total. The normalized spacial score (nSPS) is 16.9. The summed E-state index contributed by atoms with van der Waals surface area (Å²) < 4.78 is 15.0. The number of ether oxygens (including phenoxy) is 3. The van der Waals surface area contributed by atoms with Crippen LogP contribution in [-0.4, -0.2) is 89.5 Å². The molecule has 0 aliphatic carbocycles. The second-order valence-electron chi connectivity index (χ2n) is 10.2. The van der Waals surface area contributed by atoms with Crippen LogP contribution >= 0.6 is 0 Å². The van der Waals surface area contributed by atoms with E-state index in [2.05, 4.69) is 5.32 Å². The van der Waals surface area contributed by atoms with Crippen molar-refractivity contribution in [3.05, 3.63) is 48.0 Å². The monoisotopic (exact) mass is 559 g/mol. The maximum atomic E-state index is 13.3. The number of carbonyl (C=O) groups is 6. The number of imide groups is 1. The van der Waals surface area contributed by atoms with Crippen molar-refractivity contribution in [3.8, 4) is 0 Å². The van der Waals surface area contributed by atoms with Crippen molar-refractivity contribution in [2.45, 2.75) is 71.2 Å². The Kier molecular flexibility index (Phi) is 11.5. The fraction of sp³-hybridized carbons (Fsp3) is 0.500. The topological polar surface area (TPSA) is 149 Å². The number of hydrogen-bond donors (Lipinski definition) is 1. The van der Waals surface area contributed by atoms with Crippen molar-refractivity contribution in [2.75, 3.05) is 20.2 Å². The summed E-state index contributed by atoms with van der Waals surface area (Å²) in [7, 11) is 1.39. The van der Waals surface area contributed by atoms with Gasteiger partial charge in [0.25, 0.3) is 0 Å². The summed E-state index contributed by atoms with van der Waals surface area (Å²) in [6.07, 6.45) is 2.38. The first kappa shape index (κ1) is 32.2. The molecule has 0 unspecified atom stereocenters. The first-order valence-corrected chi connectivity index (χ1v) is 12.9. The van der Waals surface area contributed by atoms with Crippen LogP contribution < -0.4 is 5.32 Å². The fourth-order valence-electron chi connectivity index (χ4n) is 3.89. The van der Waals surface area contributed by atoms with Gasteiger partial charge in [-0.3, -0.25) is 14.9 Å². The van der Waals surface area contributed by atoms with Gasteiger partial charge in [-0.05, 0) is 53.0 Å². The molecule has 40 heavy (non-hydrogen) atoms. The summed E-state index contributed by atoms with van der Waals surface area (Å²) in [4.78, 5) is 77.2. The minimum atomic E-state index is -1.42. The Morgan fingerprint density at radius 3 is 2.30 bits per heavy atom. The van der Waals surface area contributed by atoms with Gasteiger partial charge >= 0.3 is 29.9 Å². The molecule has 0 spiro atoms. The molecule has 1 aromatic carbocycles. The number of nitrogens with zero attached hydrogens (tertiary/aromatic N) is 2. The van der Waals surface area contributed by atoms with Gasteiger partial charge in [-0.25, -0.2) is 24.1 Å². The van der Waals surface area contributed by atoms with Crippen molar-refractivity contribution in [2.24, 2.45) is 0 Å². The van der Waals surface area contributed by atoms with Crippen LogP contribution in [0.3, 0.4) is 0 Å². The number of rotatable bonds is 11. The molecule has 0 radical (unpaired) electrons. The van der Waals surface area contributed by atoms with Crippen LogP contribution in [0.1, 0.15) is 46.6 Å². The molecule has 1 saturated heterocycles. The summed E-state index contributed by atoms with van der Waals surface area (Å²) in [5.74, 6) is -4.47. The van der Waals surface area contributed by atoms with Crippen LogP contribution in [0.15, 0.2) is 42.5 Å². The third kappa shape index (κ3) is 9.60. The molecule has 3 atom stereocenters. The van der Waals surface area contributed by atoms with Crippen LogP contribution in [0.4, 0.5) is 4.79 Å². The molecule has 0 saturated carbocycles. The Morgan fingerprint density at radius 2 is 1.70 bits per heavy atom. The number of benzene rings is 1. The molecule has 1 aromatic rings. The predicted octanol–water partition coefficient (Wildman–Crippen LogP) is 1.76. The number of esters is 4. The van der Waals surface area contributed by atoms with E-state index in [1.165, 1.54) is 14.0 Å². The van der Waals surface area contributed by atoms with Gasteiger partial charge in [0, 0.05) is 19.2 Å². The van der Waals surface area contributed by atoms with Gasteiger partial charge in [-0.2, -0.15) is 0 Å². The SMILES string of the molecule is CCOC(=O)[C@H](CCc1ccccc1)N[C@@H](C)C(=O)N1C(=O)N(C)C[C@H]1C(=O)OC(=O)/C=C\C(=O)OC(C)(C)C. The van der Waals surface area contributed by atoms with E-state index in [-0.39, 0.29) is 13.2 Å². The highest BCUT2D eigenvalue weighted by atomic mass is 16.6. The number of nitrogens with one attached hydrogen (secondary N) is 1. The number of aryl methyl sites for hydroxylation is 1. The van der Waals surface area contributed by atoms with Crippen molar-refractivity contribution in [3.63, 3.8) is 0 Å². The zero-order valence-corrected chi connectivity index (χ0v) is 23.7. The molecule has 218 valence electrons. The van der Waals surface area contributed by atoms with E-state index in [0.29, 0.717) is 17.7 Å². The Balaban J connectivity index is 2.10. The van der Waals surface area contributed by atoms with Crippen LogP contribution in [0.25, 0.3) is 0 Å². The van der Waals surface area contributed by atoms with Crippen molar-refractivity contribution in [1.29, 1.82) is 0 Å². The zero-order valence-electron chi connectivity index (χ0n) is 23.7. The third-order valence-electron chi connectivity index (χ3n) is 5.72. The van der Waals surface area contributed by atoms with Gasteiger partial charge in [0.05, 0.1) is 19.2 Å². The highest BCUT2D eigenvalue weighted by Crippen LogP contribution is 2.18. The maximum Gasteiger partial charge on any atom is 0.339 e. The molecule has 0 bridgehead atoms. The van der Waals surface area contributed by atoms with Crippen molar-refractivity contribution < 1.29 is 43.0 Å². The zero-order chi connectivity index (χ0) is 30.0.